The van der Waals surface area contributed by atoms with Gasteiger partial charge in [0.05, 0.1) is 12.2 Å². The number of nitrogens with zero attached hydrogens (tertiary/aromatic N) is 1. The molecule has 0 spiro atoms. The lowest BCUT2D eigenvalue weighted by Gasteiger charge is -2.31. The summed E-state index contributed by atoms with van der Waals surface area (Å²) in [6.07, 6.45) is 3.13. The van der Waals surface area contributed by atoms with Crippen molar-refractivity contribution >= 4 is 11.7 Å². The number of hydrogen-bond donors (Lipinski definition) is 1. The van der Waals surface area contributed by atoms with Gasteiger partial charge in [0.2, 0.25) is 0 Å². The molecule has 0 radical (unpaired) electrons. The van der Waals surface area contributed by atoms with Crippen LogP contribution in [0.5, 0.6) is 0 Å². The molecule has 0 unspecified atom stereocenters. The van der Waals surface area contributed by atoms with E-state index in [9.17, 15) is 4.79 Å². The Labute approximate surface area is 126 Å². The van der Waals surface area contributed by atoms with Crippen LogP contribution in [-0.2, 0) is 11.2 Å². The number of carboxylic acids is 1. The van der Waals surface area contributed by atoms with Gasteiger partial charge in [-0.2, -0.15) is 0 Å². The van der Waals surface area contributed by atoms with Gasteiger partial charge in [0.1, 0.15) is 0 Å². The fourth-order valence-electron chi connectivity index (χ4n) is 2.64. The summed E-state index contributed by atoms with van der Waals surface area (Å²) >= 11 is 0. The third-order valence-electron chi connectivity index (χ3n) is 3.89. The van der Waals surface area contributed by atoms with E-state index in [1.54, 1.807) is 6.07 Å². The van der Waals surface area contributed by atoms with Gasteiger partial charge in [-0.25, -0.2) is 4.79 Å². The standard InChI is InChI=1S/C17H25NO3/c1-13(2)7-10-21-11-9-18-8-3-4-14-12-15(17(19)20)5-6-16(14)18/h5-6,12-13H,3-4,7-11H2,1-2H3,(H,19,20). The number of carboxylic acid groups (broad SMARTS) is 1. The number of anilines is 1. The average Bonchev–Trinajstić information content (AvgIpc) is 2.46. The number of carbonyl (C=O) groups is 1. The minimum absolute atomic E-state index is 0.379. The van der Waals surface area contributed by atoms with Crippen LogP contribution in [0.25, 0.3) is 0 Å². The number of benzene rings is 1. The summed E-state index contributed by atoms with van der Waals surface area (Å²) in [6, 6.07) is 5.44. The zero-order valence-corrected chi connectivity index (χ0v) is 13.0. The SMILES string of the molecule is CC(C)CCOCCN1CCCc2cc(C(=O)O)ccc21. The zero-order chi connectivity index (χ0) is 15.2. The second-order valence-electron chi connectivity index (χ2n) is 6.03. The molecular formula is C17H25NO3. The first-order valence-electron chi connectivity index (χ1n) is 7.77. The molecule has 1 aliphatic rings. The molecule has 0 amide bonds. The van der Waals surface area contributed by atoms with E-state index in [4.69, 9.17) is 9.84 Å². The number of aryl methyl sites for hydroxylation is 1. The molecule has 2 rings (SSSR count). The molecule has 1 heterocycles. The topological polar surface area (TPSA) is 49.8 Å². The zero-order valence-electron chi connectivity index (χ0n) is 13.0. The van der Waals surface area contributed by atoms with E-state index in [2.05, 4.69) is 18.7 Å². The van der Waals surface area contributed by atoms with Crippen LogP contribution >= 0.6 is 0 Å². The van der Waals surface area contributed by atoms with Crippen LogP contribution in [0, 0.1) is 5.92 Å². The highest BCUT2D eigenvalue weighted by Gasteiger charge is 2.18. The second-order valence-corrected chi connectivity index (χ2v) is 6.03. The van der Waals surface area contributed by atoms with Crippen molar-refractivity contribution in [2.75, 3.05) is 31.2 Å². The van der Waals surface area contributed by atoms with Crippen molar-refractivity contribution in [1.29, 1.82) is 0 Å². The number of aromatic carboxylic acids is 1. The largest absolute Gasteiger partial charge is 0.478 e. The molecule has 0 saturated carbocycles. The predicted octanol–water partition coefficient (Wildman–Crippen LogP) is 3.20. The Bertz CT molecular complexity index is 485. The number of ether oxygens (including phenoxy) is 1. The van der Waals surface area contributed by atoms with Crippen LogP contribution in [-0.4, -0.2) is 37.4 Å². The molecule has 4 nitrogen and oxygen atoms in total. The molecule has 1 aromatic rings. The summed E-state index contributed by atoms with van der Waals surface area (Å²) in [5.41, 5.74) is 2.69. The molecule has 21 heavy (non-hydrogen) atoms. The minimum atomic E-state index is -0.855. The van der Waals surface area contributed by atoms with Gasteiger partial charge in [-0.1, -0.05) is 13.8 Å². The van der Waals surface area contributed by atoms with Gasteiger partial charge in [-0.15, -0.1) is 0 Å². The monoisotopic (exact) mass is 291 g/mol. The molecule has 0 bridgehead atoms. The molecule has 0 atom stereocenters. The lowest BCUT2D eigenvalue weighted by atomic mass is 9.99. The van der Waals surface area contributed by atoms with Crippen LogP contribution in [0.4, 0.5) is 5.69 Å². The second kappa shape index (κ2) is 7.46. The summed E-state index contributed by atoms with van der Waals surface area (Å²) in [7, 11) is 0. The van der Waals surface area contributed by atoms with Gasteiger partial charge in [-0.05, 0) is 48.9 Å². The number of rotatable bonds is 7. The average molecular weight is 291 g/mol. The summed E-state index contributed by atoms with van der Waals surface area (Å²) < 4.78 is 5.69. The van der Waals surface area contributed by atoms with Crippen molar-refractivity contribution in [2.24, 2.45) is 5.92 Å². The van der Waals surface area contributed by atoms with Crippen molar-refractivity contribution in [2.45, 2.75) is 33.1 Å². The van der Waals surface area contributed by atoms with Gasteiger partial charge < -0.3 is 14.7 Å². The molecule has 0 aliphatic carbocycles. The van der Waals surface area contributed by atoms with Crippen molar-refractivity contribution in [3.8, 4) is 0 Å². The summed E-state index contributed by atoms with van der Waals surface area (Å²) in [6.45, 7) is 7.84. The van der Waals surface area contributed by atoms with Crippen LogP contribution < -0.4 is 4.90 Å². The van der Waals surface area contributed by atoms with Gasteiger partial charge in [0.15, 0.2) is 0 Å². The third kappa shape index (κ3) is 4.46. The van der Waals surface area contributed by atoms with Gasteiger partial charge in [0, 0.05) is 25.4 Å². The Hall–Kier alpha value is -1.55. The van der Waals surface area contributed by atoms with Gasteiger partial charge >= 0.3 is 5.97 Å². The highest BCUT2D eigenvalue weighted by atomic mass is 16.5. The lowest BCUT2D eigenvalue weighted by Crippen LogP contribution is -2.32. The fraction of sp³-hybridized carbons (Fsp3) is 0.588. The van der Waals surface area contributed by atoms with Crippen LogP contribution in [0.1, 0.15) is 42.6 Å². The highest BCUT2D eigenvalue weighted by Crippen LogP contribution is 2.27. The molecule has 1 aromatic carbocycles. The Balaban J connectivity index is 1.91. The maximum absolute atomic E-state index is 11.0. The first kappa shape index (κ1) is 15.8. The summed E-state index contributed by atoms with van der Waals surface area (Å²) in [5.74, 6) is -0.179. The van der Waals surface area contributed by atoms with Gasteiger partial charge in [0.25, 0.3) is 0 Å². The van der Waals surface area contributed by atoms with E-state index in [1.165, 1.54) is 5.69 Å². The Kier molecular flexibility index (Phi) is 5.62. The van der Waals surface area contributed by atoms with Crippen LogP contribution in [0.3, 0.4) is 0 Å². The molecule has 0 saturated heterocycles. The normalized spacial score (nSPS) is 14.3. The van der Waals surface area contributed by atoms with E-state index in [-0.39, 0.29) is 0 Å². The fourth-order valence-corrected chi connectivity index (χ4v) is 2.64. The maximum atomic E-state index is 11.0. The predicted molar refractivity (Wildman–Crippen MR) is 84.2 cm³/mol. The quantitative estimate of drug-likeness (QED) is 0.784. The van der Waals surface area contributed by atoms with E-state index in [0.29, 0.717) is 11.5 Å². The number of hydrogen-bond acceptors (Lipinski definition) is 3. The van der Waals surface area contributed by atoms with E-state index < -0.39 is 5.97 Å². The smallest absolute Gasteiger partial charge is 0.335 e. The molecule has 1 aliphatic heterocycles. The molecule has 0 aromatic heterocycles. The Morgan fingerprint density at radius 2 is 2.19 bits per heavy atom. The van der Waals surface area contributed by atoms with Crippen molar-refractivity contribution in [3.63, 3.8) is 0 Å². The molecular weight excluding hydrogens is 266 g/mol. The van der Waals surface area contributed by atoms with Crippen LogP contribution in [0.15, 0.2) is 18.2 Å². The molecule has 1 N–H and O–H groups in total. The summed E-state index contributed by atoms with van der Waals surface area (Å²) in [5, 5.41) is 9.06. The van der Waals surface area contributed by atoms with Crippen molar-refractivity contribution in [1.82, 2.24) is 0 Å². The maximum Gasteiger partial charge on any atom is 0.335 e. The third-order valence-corrected chi connectivity index (χ3v) is 3.89. The van der Waals surface area contributed by atoms with E-state index in [1.807, 2.05) is 12.1 Å². The van der Waals surface area contributed by atoms with Crippen LogP contribution in [0.2, 0.25) is 0 Å². The Morgan fingerprint density at radius 1 is 1.38 bits per heavy atom. The first-order valence-corrected chi connectivity index (χ1v) is 7.77. The number of fused-ring (bicyclic) bond motifs is 1. The molecule has 0 fully saturated rings. The van der Waals surface area contributed by atoms with Crippen molar-refractivity contribution in [3.05, 3.63) is 29.3 Å². The lowest BCUT2D eigenvalue weighted by molar-refractivity contribution is 0.0696. The summed E-state index contributed by atoms with van der Waals surface area (Å²) in [4.78, 5) is 13.3. The molecule has 116 valence electrons. The highest BCUT2D eigenvalue weighted by molar-refractivity contribution is 5.88. The molecule has 4 heteroatoms. The Morgan fingerprint density at radius 3 is 2.90 bits per heavy atom. The van der Waals surface area contributed by atoms with E-state index in [0.717, 1.165) is 51.1 Å². The minimum Gasteiger partial charge on any atom is -0.478 e. The van der Waals surface area contributed by atoms with E-state index >= 15 is 0 Å². The van der Waals surface area contributed by atoms with Gasteiger partial charge in [-0.3, -0.25) is 0 Å². The van der Waals surface area contributed by atoms with Crippen molar-refractivity contribution < 1.29 is 14.6 Å². The first-order chi connectivity index (χ1) is 10.1.